The summed E-state index contributed by atoms with van der Waals surface area (Å²) in [6.45, 7) is 8.72. The summed E-state index contributed by atoms with van der Waals surface area (Å²) in [5.74, 6) is 1.28. The van der Waals surface area contributed by atoms with Crippen molar-refractivity contribution in [2.75, 3.05) is 48.8 Å². The summed E-state index contributed by atoms with van der Waals surface area (Å²) in [6.07, 6.45) is 5.33. The van der Waals surface area contributed by atoms with E-state index in [0.29, 0.717) is 12.3 Å². The Morgan fingerprint density at radius 1 is 1.08 bits per heavy atom. The fraction of sp³-hybridized carbons (Fsp3) is 0.517. The Morgan fingerprint density at radius 3 is 2.64 bits per heavy atom. The topological polar surface area (TPSA) is 98.3 Å². The summed E-state index contributed by atoms with van der Waals surface area (Å²) in [6, 6.07) is 14.3. The first-order valence-electron chi connectivity index (χ1n) is 13.4. The standard InChI is InChI=1S/C18H27N3O.C11H14N2O/c19-18(15-5-6-15)16-3-1-2-4-17(16)21-11-12-22-13-14-7-9-20-10-8-14;1-7-4-3-5-9-11(7)12-8(2)6-10(14)13-9/h1-4,14-15,19-21H,5-13H2;3-5,8,12H,6H2,1-2H3,(H,13,14). The molecule has 5 rings (SSSR count). The minimum absolute atomic E-state index is 0.0781. The van der Waals surface area contributed by atoms with Crippen LogP contribution in [0.25, 0.3) is 0 Å². The Kier molecular flexibility index (Phi) is 9.36. The molecule has 2 heterocycles. The molecular weight excluding hydrogens is 450 g/mol. The van der Waals surface area contributed by atoms with Crippen LogP contribution in [0.3, 0.4) is 0 Å². The van der Waals surface area contributed by atoms with Crippen molar-refractivity contribution in [3.05, 3.63) is 53.6 Å². The van der Waals surface area contributed by atoms with Gasteiger partial charge in [-0.15, -0.1) is 0 Å². The van der Waals surface area contributed by atoms with Crippen LogP contribution in [0.4, 0.5) is 17.1 Å². The van der Waals surface area contributed by atoms with E-state index in [0.717, 1.165) is 72.7 Å². The maximum atomic E-state index is 11.4. The number of anilines is 3. The molecule has 1 saturated heterocycles. The van der Waals surface area contributed by atoms with Gasteiger partial charge in [0.05, 0.1) is 18.0 Å². The number of para-hydroxylation sites is 2. The maximum Gasteiger partial charge on any atom is 0.226 e. The molecular formula is C29H41N5O2. The molecule has 1 aliphatic carbocycles. The summed E-state index contributed by atoms with van der Waals surface area (Å²) >= 11 is 0. The predicted octanol–water partition coefficient (Wildman–Crippen LogP) is 5.03. The Balaban J connectivity index is 0.000000187. The van der Waals surface area contributed by atoms with Crippen molar-refractivity contribution in [2.24, 2.45) is 11.8 Å². The molecule has 2 aliphatic heterocycles. The number of aryl methyl sites for hydroxylation is 1. The molecule has 2 fully saturated rings. The van der Waals surface area contributed by atoms with E-state index >= 15 is 0 Å². The molecule has 1 amide bonds. The summed E-state index contributed by atoms with van der Waals surface area (Å²) in [7, 11) is 0. The zero-order valence-corrected chi connectivity index (χ0v) is 21.7. The van der Waals surface area contributed by atoms with Crippen molar-refractivity contribution in [2.45, 2.75) is 52.0 Å². The molecule has 0 bridgehead atoms. The zero-order chi connectivity index (χ0) is 25.3. The zero-order valence-electron chi connectivity index (χ0n) is 21.7. The molecule has 5 N–H and O–H groups in total. The van der Waals surface area contributed by atoms with Gasteiger partial charge in [0, 0.05) is 48.5 Å². The van der Waals surface area contributed by atoms with E-state index in [1.165, 1.54) is 25.7 Å². The van der Waals surface area contributed by atoms with Crippen molar-refractivity contribution in [1.29, 1.82) is 5.41 Å². The van der Waals surface area contributed by atoms with Crippen LogP contribution in [0.1, 0.15) is 50.2 Å². The fourth-order valence-electron chi connectivity index (χ4n) is 4.76. The first-order valence-corrected chi connectivity index (χ1v) is 13.4. The number of nitrogens with one attached hydrogen (secondary N) is 5. The van der Waals surface area contributed by atoms with Gasteiger partial charge in [-0.1, -0.05) is 30.3 Å². The Hall–Kier alpha value is -2.90. The van der Waals surface area contributed by atoms with E-state index in [9.17, 15) is 4.79 Å². The van der Waals surface area contributed by atoms with E-state index < -0.39 is 0 Å². The van der Waals surface area contributed by atoms with Crippen LogP contribution >= 0.6 is 0 Å². The molecule has 1 atom stereocenters. The number of benzene rings is 2. The normalized spacial score (nSPS) is 19.6. The van der Waals surface area contributed by atoms with Crippen molar-refractivity contribution in [1.82, 2.24) is 5.32 Å². The largest absolute Gasteiger partial charge is 0.382 e. The van der Waals surface area contributed by atoms with E-state index in [1.54, 1.807) is 0 Å². The van der Waals surface area contributed by atoms with Crippen LogP contribution in [-0.2, 0) is 9.53 Å². The minimum atomic E-state index is 0.0781. The van der Waals surface area contributed by atoms with Gasteiger partial charge in [0.1, 0.15) is 0 Å². The van der Waals surface area contributed by atoms with Crippen LogP contribution in [0.2, 0.25) is 0 Å². The van der Waals surface area contributed by atoms with Crippen LogP contribution in [0.5, 0.6) is 0 Å². The van der Waals surface area contributed by atoms with Gasteiger partial charge in [0.15, 0.2) is 0 Å². The summed E-state index contributed by atoms with van der Waals surface area (Å²) in [4.78, 5) is 11.4. The molecule has 2 aromatic carbocycles. The Bertz CT molecular complexity index is 1030. The van der Waals surface area contributed by atoms with Crippen LogP contribution < -0.4 is 21.3 Å². The number of amides is 1. The lowest BCUT2D eigenvalue weighted by Crippen LogP contribution is -2.30. The molecule has 7 heteroatoms. The third-order valence-corrected chi connectivity index (χ3v) is 7.01. The highest BCUT2D eigenvalue weighted by molar-refractivity contribution is 6.05. The number of hydrogen-bond donors (Lipinski definition) is 5. The van der Waals surface area contributed by atoms with Gasteiger partial charge in [-0.3, -0.25) is 4.79 Å². The lowest BCUT2D eigenvalue weighted by Gasteiger charge is -2.22. The number of ether oxygens (including phenoxy) is 1. The van der Waals surface area contributed by atoms with Gasteiger partial charge in [-0.25, -0.2) is 0 Å². The molecule has 0 radical (unpaired) electrons. The molecule has 0 spiro atoms. The average molecular weight is 492 g/mol. The lowest BCUT2D eigenvalue weighted by atomic mass is 9.99. The second-order valence-corrected chi connectivity index (χ2v) is 10.2. The molecule has 2 aromatic rings. The molecule has 7 nitrogen and oxygen atoms in total. The number of carbonyl (C=O) groups is 1. The van der Waals surface area contributed by atoms with Gasteiger partial charge in [-0.05, 0) is 76.2 Å². The maximum absolute atomic E-state index is 11.4. The quantitative estimate of drug-likeness (QED) is 0.264. The fourth-order valence-corrected chi connectivity index (χ4v) is 4.76. The molecule has 36 heavy (non-hydrogen) atoms. The number of piperidine rings is 1. The smallest absolute Gasteiger partial charge is 0.226 e. The second-order valence-electron chi connectivity index (χ2n) is 10.2. The van der Waals surface area contributed by atoms with Gasteiger partial charge in [0.2, 0.25) is 5.91 Å². The van der Waals surface area contributed by atoms with Crippen molar-refractivity contribution >= 4 is 28.7 Å². The van der Waals surface area contributed by atoms with Gasteiger partial charge >= 0.3 is 0 Å². The van der Waals surface area contributed by atoms with E-state index in [4.69, 9.17) is 10.1 Å². The van der Waals surface area contributed by atoms with E-state index in [-0.39, 0.29) is 11.9 Å². The van der Waals surface area contributed by atoms with E-state index in [2.05, 4.69) is 33.4 Å². The van der Waals surface area contributed by atoms with Crippen LogP contribution in [0, 0.1) is 24.2 Å². The highest BCUT2D eigenvalue weighted by Crippen LogP contribution is 2.34. The van der Waals surface area contributed by atoms with Crippen molar-refractivity contribution < 1.29 is 9.53 Å². The third kappa shape index (κ3) is 7.55. The minimum Gasteiger partial charge on any atom is -0.382 e. The Labute approximate surface area is 215 Å². The predicted molar refractivity (Wildman–Crippen MR) is 148 cm³/mol. The number of carbonyl (C=O) groups excluding carboxylic acids is 1. The molecule has 0 aromatic heterocycles. The second kappa shape index (κ2) is 12.9. The van der Waals surface area contributed by atoms with Gasteiger partial charge in [0.25, 0.3) is 0 Å². The van der Waals surface area contributed by atoms with Crippen LogP contribution in [0.15, 0.2) is 42.5 Å². The highest BCUT2D eigenvalue weighted by atomic mass is 16.5. The Morgan fingerprint density at radius 2 is 1.86 bits per heavy atom. The van der Waals surface area contributed by atoms with Crippen molar-refractivity contribution in [3.63, 3.8) is 0 Å². The van der Waals surface area contributed by atoms with Gasteiger partial charge in [-0.2, -0.15) is 0 Å². The van der Waals surface area contributed by atoms with E-state index in [1.807, 2.05) is 44.2 Å². The molecule has 3 aliphatic rings. The number of rotatable bonds is 8. The number of hydrogen-bond acceptors (Lipinski definition) is 6. The SMILES string of the molecule is Cc1cccc2c1NC(C)CC(=O)N2.N=C(c1ccccc1NCCOCC1CCNCC1)C1CC1. The molecule has 1 saturated carbocycles. The highest BCUT2D eigenvalue weighted by Gasteiger charge is 2.28. The van der Waals surface area contributed by atoms with Crippen molar-refractivity contribution in [3.8, 4) is 0 Å². The molecule has 1 unspecified atom stereocenters. The van der Waals surface area contributed by atoms with Gasteiger partial charge < -0.3 is 31.4 Å². The summed E-state index contributed by atoms with van der Waals surface area (Å²) in [5, 5.41) is 21.3. The van der Waals surface area contributed by atoms with Crippen LogP contribution in [-0.4, -0.2) is 50.5 Å². The summed E-state index contributed by atoms with van der Waals surface area (Å²) < 4.78 is 5.81. The average Bonchev–Trinajstić information content (AvgIpc) is 3.73. The lowest BCUT2D eigenvalue weighted by molar-refractivity contribution is -0.116. The number of fused-ring (bicyclic) bond motifs is 1. The third-order valence-electron chi connectivity index (χ3n) is 7.01. The first kappa shape index (κ1) is 26.2. The first-order chi connectivity index (χ1) is 17.5. The monoisotopic (exact) mass is 491 g/mol. The summed E-state index contributed by atoms with van der Waals surface area (Å²) in [5.41, 5.74) is 6.02. The molecule has 194 valence electrons.